The van der Waals surface area contributed by atoms with E-state index in [1.807, 2.05) is 0 Å². The number of aromatic nitrogens is 3. The molecule has 0 unspecified atom stereocenters. The zero-order chi connectivity index (χ0) is 19.7. The fourth-order valence-electron chi connectivity index (χ4n) is 3.87. The van der Waals surface area contributed by atoms with Crippen LogP contribution in [0.25, 0.3) is 11.4 Å². The number of thiazole rings is 1. The minimum Gasteiger partial charge on any atom is -0.477 e. The third-order valence-corrected chi connectivity index (χ3v) is 6.42. The van der Waals surface area contributed by atoms with E-state index >= 15 is 0 Å². The van der Waals surface area contributed by atoms with Crippen molar-refractivity contribution in [1.82, 2.24) is 20.3 Å². The van der Waals surface area contributed by atoms with Crippen LogP contribution in [-0.2, 0) is 0 Å². The number of carboxylic acid groups (broad SMARTS) is 1. The van der Waals surface area contributed by atoms with Crippen LogP contribution in [-0.4, -0.2) is 64.8 Å². The number of piperidine rings is 1. The molecule has 0 bridgehead atoms. The first-order valence-corrected chi connectivity index (χ1v) is 10.6. The second-order valence-electron chi connectivity index (χ2n) is 7.73. The Balaban J connectivity index is 1.60. The van der Waals surface area contributed by atoms with Crippen LogP contribution in [0.2, 0.25) is 0 Å². The van der Waals surface area contributed by atoms with Gasteiger partial charge in [-0.05, 0) is 25.7 Å². The number of rotatable bonds is 4. The third kappa shape index (κ3) is 3.95. The second-order valence-corrected chi connectivity index (χ2v) is 8.71. The Morgan fingerprint density at radius 3 is 2.75 bits per heavy atom. The highest BCUT2D eigenvalue weighted by Crippen LogP contribution is 2.34. The van der Waals surface area contributed by atoms with E-state index < -0.39 is 5.97 Å². The van der Waals surface area contributed by atoms with Gasteiger partial charge in [-0.1, -0.05) is 18.3 Å². The number of hydrogen-bond donors (Lipinski definition) is 2. The predicted molar refractivity (Wildman–Crippen MR) is 110 cm³/mol. The molecule has 4 rings (SSSR count). The van der Waals surface area contributed by atoms with E-state index in [1.165, 1.54) is 17.8 Å². The number of carbonyl (C=O) groups is 1. The smallest absolute Gasteiger partial charge is 0.348 e. The van der Waals surface area contributed by atoms with E-state index in [4.69, 9.17) is 0 Å². The van der Waals surface area contributed by atoms with Crippen LogP contribution >= 0.6 is 11.3 Å². The number of hydrogen-bond acceptors (Lipinski definition) is 8. The minimum atomic E-state index is -0.967. The Kier molecular flexibility index (Phi) is 5.45. The summed E-state index contributed by atoms with van der Waals surface area (Å²) in [7, 11) is 0. The topological polar surface area (TPSA) is 94.5 Å². The van der Waals surface area contributed by atoms with E-state index in [1.54, 1.807) is 12.4 Å². The summed E-state index contributed by atoms with van der Waals surface area (Å²) in [4.78, 5) is 30.1. The van der Waals surface area contributed by atoms with Gasteiger partial charge >= 0.3 is 5.97 Å². The fraction of sp³-hybridized carbons (Fsp3) is 0.579. The number of anilines is 2. The lowest BCUT2D eigenvalue weighted by Crippen LogP contribution is -2.49. The van der Waals surface area contributed by atoms with E-state index in [-0.39, 0.29) is 4.88 Å². The fourth-order valence-corrected chi connectivity index (χ4v) is 4.82. The predicted octanol–water partition coefficient (Wildman–Crippen LogP) is 2.33. The molecule has 9 heteroatoms. The zero-order valence-electron chi connectivity index (χ0n) is 16.3. The van der Waals surface area contributed by atoms with Crippen LogP contribution in [0.5, 0.6) is 0 Å². The number of aromatic carboxylic acids is 1. The van der Waals surface area contributed by atoms with E-state index in [0.717, 1.165) is 50.1 Å². The van der Waals surface area contributed by atoms with Crippen molar-refractivity contribution in [2.45, 2.75) is 32.7 Å². The molecular weight excluding hydrogens is 376 g/mol. The van der Waals surface area contributed by atoms with Gasteiger partial charge in [0.1, 0.15) is 22.1 Å². The van der Waals surface area contributed by atoms with Crippen molar-refractivity contribution in [3.8, 4) is 11.4 Å². The molecule has 150 valence electrons. The van der Waals surface area contributed by atoms with Gasteiger partial charge in [-0.2, -0.15) is 0 Å². The van der Waals surface area contributed by atoms with Crippen LogP contribution in [0.4, 0.5) is 10.9 Å². The van der Waals surface area contributed by atoms with Crippen LogP contribution in [0, 0.1) is 5.92 Å². The maximum Gasteiger partial charge on any atom is 0.348 e. The Morgan fingerprint density at radius 1 is 1.21 bits per heavy atom. The van der Waals surface area contributed by atoms with E-state index in [0.29, 0.717) is 23.3 Å². The molecule has 2 saturated heterocycles. The van der Waals surface area contributed by atoms with Gasteiger partial charge in [0.2, 0.25) is 0 Å². The lowest BCUT2D eigenvalue weighted by molar-refractivity contribution is 0.0702. The molecule has 2 fully saturated rings. The highest BCUT2D eigenvalue weighted by Gasteiger charge is 2.26. The van der Waals surface area contributed by atoms with Gasteiger partial charge in [-0.15, -0.1) is 0 Å². The van der Waals surface area contributed by atoms with Crippen LogP contribution < -0.4 is 15.1 Å². The number of nitrogens with one attached hydrogen (secondary N) is 1. The molecular formula is C19H26N6O2S. The first-order chi connectivity index (χ1) is 13.5. The lowest BCUT2D eigenvalue weighted by atomic mass is 10.0. The van der Waals surface area contributed by atoms with Crippen molar-refractivity contribution in [1.29, 1.82) is 0 Å². The average Bonchev–Trinajstić information content (AvgIpc) is 3.14. The molecule has 0 spiro atoms. The molecule has 2 N–H and O–H groups in total. The molecule has 28 heavy (non-hydrogen) atoms. The lowest BCUT2D eigenvalue weighted by Gasteiger charge is -2.32. The summed E-state index contributed by atoms with van der Waals surface area (Å²) >= 11 is 1.23. The minimum absolute atomic E-state index is 0.228. The highest BCUT2D eigenvalue weighted by molar-refractivity contribution is 7.17. The maximum atomic E-state index is 11.8. The van der Waals surface area contributed by atoms with Crippen molar-refractivity contribution in [2.24, 2.45) is 5.92 Å². The SMILES string of the molecule is C[C@@H]1CCCN(c2nc(-c3cnc(N4CCN[C@H](C)C4)cn3)c(C(=O)O)s2)C1. The molecule has 2 aromatic heterocycles. The molecule has 0 aromatic carbocycles. The van der Waals surface area contributed by atoms with Crippen LogP contribution in [0.3, 0.4) is 0 Å². The quantitative estimate of drug-likeness (QED) is 0.805. The first kappa shape index (κ1) is 19.1. The van der Waals surface area contributed by atoms with Crippen LogP contribution in [0.1, 0.15) is 36.4 Å². The molecule has 4 heterocycles. The number of carboxylic acids is 1. The van der Waals surface area contributed by atoms with Crippen molar-refractivity contribution >= 4 is 28.3 Å². The van der Waals surface area contributed by atoms with Gasteiger partial charge < -0.3 is 20.2 Å². The van der Waals surface area contributed by atoms with Crippen molar-refractivity contribution in [3.63, 3.8) is 0 Å². The van der Waals surface area contributed by atoms with Gasteiger partial charge in [0.15, 0.2) is 5.13 Å². The van der Waals surface area contributed by atoms with Crippen molar-refractivity contribution in [2.75, 3.05) is 42.5 Å². The average molecular weight is 403 g/mol. The Hall–Kier alpha value is -2.26. The highest BCUT2D eigenvalue weighted by atomic mass is 32.1. The number of piperazine rings is 1. The molecule has 0 radical (unpaired) electrons. The summed E-state index contributed by atoms with van der Waals surface area (Å²) in [6.07, 6.45) is 5.68. The van der Waals surface area contributed by atoms with E-state index in [9.17, 15) is 9.90 Å². The van der Waals surface area contributed by atoms with Gasteiger partial charge in [-0.25, -0.2) is 19.7 Å². The Labute approximate surface area is 168 Å². The van der Waals surface area contributed by atoms with Crippen molar-refractivity contribution < 1.29 is 9.90 Å². The standard InChI is InChI=1S/C19H26N6O2S/c1-12-4-3-6-25(10-12)19-23-16(17(28-19)18(26)27)14-8-22-15(9-21-14)24-7-5-20-13(2)11-24/h8-9,12-13,20H,3-7,10-11H2,1-2H3,(H,26,27)/t12-,13-/m1/s1. The van der Waals surface area contributed by atoms with Gasteiger partial charge in [0.05, 0.1) is 12.4 Å². The van der Waals surface area contributed by atoms with E-state index in [2.05, 4.69) is 43.9 Å². The Bertz CT molecular complexity index is 839. The summed E-state index contributed by atoms with van der Waals surface area (Å²) < 4.78 is 0. The van der Waals surface area contributed by atoms with Crippen LogP contribution in [0.15, 0.2) is 12.4 Å². The van der Waals surface area contributed by atoms with Gasteiger partial charge in [-0.3, -0.25) is 0 Å². The van der Waals surface area contributed by atoms with Gasteiger partial charge in [0, 0.05) is 38.8 Å². The van der Waals surface area contributed by atoms with Gasteiger partial charge in [0.25, 0.3) is 0 Å². The van der Waals surface area contributed by atoms with Crippen molar-refractivity contribution in [3.05, 3.63) is 17.3 Å². The summed E-state index contributed by atoms with van der Waals surface area (Å²) in [5, 5.41) is 13.8. The molecule has 0 amide bonds. The molecule has 2 aliphatic rings. The first-order valence-electron chi connectivity index (χ1n) is 9.81. The molecule has 2 aromatic rings. The number of nitrogens with zero attached hydrogens (tertiary/aromatic N) is 5. The zero-order valence-corrected chi connectivity index (χ0v) is 17.1. The maximum absolute atomic E-state index is 11.8. The molecule has 2 atom stereocenters. The molecule has 0 saturated carbocycles. The largest absolute Gasteiger partial charge is 0.477 e. The monoisotopic (exact) mass is 402 g/mol. The summed E-state index contributed by atoms with van der Waals surface area (Å²) in [6.45, 7) is 8.87. The summed E-state index contributed by atoms with van der Waals surface area (Å²) in [5.74, 6) is 0.440. The molecule has 2 aliphatic heterocycles. The normalized spacial score (nSPS) is 23.1. The molecule has 0 aliphatic carbocycles. The third-order valence-electron chi connectivity index (χ3n) is 5.31. The second kappa shape index (κ2) is 8.00. The molecule has 8 nitrogen and oxygen atoms in total. The Morgan fingerprint density at radius 2 is 2.07 bits per heavy atom. The summed E-state index contributed by atoms with van der Waals surface area (Å²) in [5.41, 5.74) is 0.926. The summed E-state index contributed by atoms with van der Waals surface area (Å²) in [6, 6.07) is 0.405.